The predicted octanol–water partition coefficient (Wildman–Crippen LogP) is 1.44. The van der Waals surface area contributed by atoms with Crippen LogP contribution < -0.4 is 0 Å². The van der Waals surface area contributed by atoms with Gasteiger partial charge in [0, 0.05) is 5.02 Å². The number of hydrogen-bond donors (Lipinski definition) is 3. The molecule has 0 aliphatic heterocycles. The van der Waals surface area contributed by atoms with Crippen molar-refractivity contribution in [1.82, 2.24) is 0 Å². The molecule has 1 aromatic carbocycles. The van der Waals surface area contributed by atoms with Crippen LogP contribution in [0.3, 0.4) is 0 Å². The van der Waals surface area contributed by atoms with E-state index in [1.54, 1.807) is 0 Å². The zero-order valence-electron chi connectivity index (χ0n) is 6.85. The number of phenols is 1. The molecule has 0 spiro atoms. The van der Waals surface area contributed by atoms with Crippen molar-refractivity contribution >= 4 is 24.0 Å². The molecule has 0 fully saturated rings. The molecule has 76 valence electrons. The Hall–Kier alpha value is -1.75. The van der Waals surface area contributed by atoms with Gasteiger partial charge in [0.25, 0.3) is 6.47 Å². The van der Waals surface area contributed by atoms with Crippen molar-refractivity contribution in [2.24, 2.45) is 0 Å². The second kappa shape index (κ2) is 5.82. The summed E-state index contributed by atoms with van der Waals surface area (Å²) in [7, 11) is 0. The van der Waals surface area contributed by atoms with Gasteiger partial charge in [-0.15, -0.1) is 0 Å². The van der Waals surface area contributed by atoms with Crippen LogP contribution in [0.15, 0.2) is 18.2 Å². The van der Waals surface area contributed by atoms with E-state index in [0.29, 0.717) is 5.02 Å². The van der Waals surface area contributed by atoms with Crippen LogP contribution in [0, 0.1) is 0 Å². The van der Waals surface area contributed by atoms with Crippen LogP contribution in [0.1, 0.15) is 10.4 Å². The van der Waals surface area contributed by atoms with Crippen molar-refractivity contribution in [1.29, 1.82) is 0 Å². The predicted molar refractivity (Wildman–Crippen MR) is 48.8 cm³/mol. The highest BCUT2D eigenvalue weighted by Crippen LogP contribution is 2.21. The van der Waals surface area contributed by atoms with Gasteiger partial charge in [-0.3, -0.25) is 4.79 Å². The lowest BCUT2D eigenvalue weighted by Crippen LogP contribution is -1.95. The molecule has 0 radical (unpaired) electrons. The molecule has 1 aromatic rings. The minimum absolute atomic E-state index is 0.144. The van der Waals surface area contributed by atoms with Gasteiger partial charge in [-0.25, -0.2) is 4.79 Å². The molecule has 0 saturated carbocycles. The molecule has 14 heavy (non-hydrogen) atoms. The van der Waals surface area contributed by atoms with Crippen LogP contribution in [-0.2, 0) is 4.79 Å². The molecule has 0 heterocycles. The SMILES string of the molecule is O=C(O)c1ccc(Cl)cc1O.O=CO. The lowest BCUT2D eigenvalue weighted by atomic mass is 10.2. The van der Waals surface area contributed by atoms with Gasteiger partial charge in [-0.05, 0) is 18.2 Å². The molecule has 0 unspecified atom stereocenters. The van der Waals surface area contributed by atoms with Crippen molar-refractivity contribution in [2.45, 2.75) is 0 Å². The van der Waals surface area contributed by atoms with Gasteiger partial charge >= 0.3 is 5.97 Å². The van der Waals surface area contributed by atoms with E-state index in [1.165, 1.54) is 18.2 Å². The molecule has 0 aromatic heterocycles. The maximum Gasteiger partial charge on any atom is 0.339 e. The number of rotatable bonds is 1. The summed E-state index contributed by atoms with van der Waals surface area (Å²) in [6.45, 7) is -0.250. The summed E-state index contributed by atoms with van der Waals surface area (Å²) < 4.78 is 0. The molecule has 1 rings (SSSR count). The zero-order chi connectivity index (χ0) is 11.1. The van der Waals surface area contributed by atoms with E-state index >= 15 is 0 Å². The van der Waals surface area contributed by atoms with Crippen LogP contribution in [0.4, 0.5) is 0 Å². The number of hydrogen-bond acceptors (Lipinski definition) is 3. The third-order valence-electron chi connectivity index (χ3n) is 1.19. The molecule has 3 N–H and O–H groups in total. The van der Waals surface area contributed by atoms with E-state index in [0.717, 1.165) is 0 Å². The number of carboxylic acid groups (broad SMARTS) is 2. The number of aromatic carboxylic acids is 1. The fourth-order valence-corrected chi connectivity index (χ4v) is 0.852. The summed E-state index contributed by atoms with van der Waals surface area (Å²) in [5.74, 6) is -1.48. The number of carbonyl (C=O) groups is 2. The molecular formula is C8H7ClO5. The topological polar surface area (TPSA) is 94.8 Å². The van der Waals surface area contributed by atoms with E-state index in [4.69, 9.17) is 31.7 Å². The van der Waals surface area contributed by atoms with Crippen LogP contribution >= 0.6 is 11.6 Å². The average molecular weight is 219 g/mol. The minimum Gasteiger partial charge on any atom is -0.507 e. The normalized spacial score (nSPS) is 8.36. The largest absolute Gasteiger partial charge is 0.507 e. The minimum atomic E-state index is -1.17. The van der Waals surface area contributed by atoms with Crippen molar-refractivity contribution in [3.63, 3.8) is 0 Å². The highest BCUT2D eigenvalue weighted by molar-refractivity contribution is 6.30. The van der Waals surface area contributed by atoms with Crippen LogP contribution in [-0.4, -0.2) is 27.8 Å². The van der Waals surface area contributed by atoms with Gasteiger partial charge in [-0.1, -0.05) is 11.6 Å². The molecule has 5 nitrogen and oxygen atoms in total. The van der Waals surface area contributed by atoms with E-state index in [2.05, 4.69) is 0 Å². The first-order valence-electron chi connectivity index (χ1n) is 3.32. The average Bonchev–Trinajstić information content (AvgIpc) is 2.04. The zero-order valence-corrected chi connectivity index (χ0v) is 7.60. The second-order valence-electron chi connectivity index (χ2n) is 2.07. The van der Waals surface area contributed by atoms with Gasteiger partial charge in [0.1, 0.15) is 11.3 Å². The number of benzene rings is 1. The van der Waals surface area contributed by atoms with E-state index in [-0.39, 0.29) is 17.8 Å². The Labute approximate surface area is 84.2 Å². The second-order valence-corrected chi connectivity index (χ2v) is 2.51. The molecule has 0 aliphatic rings. The molecule has 6 heteroatoms. The summed E-state index contributed by atoms with van der Waals surface area (Å²) in [6.07, 6.45) is 0. The monoisotopic (exact) mass is 218 g/mol. The summed E-state index contributed by atoms with van der Waals surface area (Å²) in [5, 5.41) is 24.7. The molecule has 0 amide bonds. The van der Waals surface area contributed by atoms with Crippen LogP contribution in [0.2, 0.25) is 5.02 Å². The highest BCUT2D eigenvalue weighted by Gasteiger charge is 2.08. The van der Waals surface area contributed by atoms with Gasteiger partial charge in [0.15, 0.2) is 0 Å². The van der Waals surface area contributed by atoms with Gasteiger partial charge in [-0.2, -0.15) is 0 Å². The van der Waals surface area contributed by atoms with Gasteiger partial charge in [0.05, 0.1) is 0 Å². The fraction of sp³-hybridized carbons (Fsp3) is 0. The summed E-state index contributed by atoms with van der Waals surface area (Å²) >= 11 is 5.47. The first-order valence-corrected chi connectivity index (χ1v) is 3.70. The molecule has 0 atom stereocenters. The van der Waals surface area contributed by atoms with E-state index in [1.807, 2.05) is 0 Å². The first kappa shape index (κ1) is 12.2. The molecule has 0 bridgehead atoms. The Morgan fingerprint density at radius 1 is 1.43 bits per heavy atom. The molecule has 0 saturated heterocycles. The van der Waals surface area contributed by atoms with E-state index < -0.39 is 5.97 Å². The Morgan fingerprint density at radius 3 is 2.29 bits per heavy atom. The van der Waals surface area contributed by atoms with Gasteiger partial charge < -0.3 is 15.3 Å². The maximum atomic E-state index is 10.3. The standard InChI is InChI=1S/C7H5ClO3.CH2O2/c8-4-1-2-5(7(10)11)6(9)3-4;2-1-3/h1-3,9H,(H,10,11);1H,(H,2,3). The van der Waals surface area contributed by atoms with E-state index in [9.17, 15) is 4.79 Å². The van der Waals surface area contributed by atoms with Crippen LogP contribution in [0.5, 0.6) is 5.75 Å². The van der Waals surface area contributed by atoms with Crippen molar-refractivity contribution in [3.8, 4) is 5.75 Å². The fourth-order valence-electron chi connectivity index (χ4n) is 0.686. The summed E-state index contributed by atoms with van der Waals surface area (Å²) in [4.78, 5) is 18.7. The maximum absolute atomic E-state index is 10.3. The third kappa shape index (κ3) is 3.77. The third-order valence-corrected chi connectivity index (χ3v) is 1.43. The number of aromatic hydroxyl groups is 1. The lowest BCUT2D eigenvalue weighted by molar-refractivity contribution is -0.122. The Balaban J connectivity index is 0.000000500. The van der Waals surface area contributed by atoms with Crippen molar-refractivity contribution in [2.75, 3.05) is 0 Å². The molecular weight excluding hydrogens is 212 g/mol. The smallest absolute Gasteiger partial charge is 0.339 e. The van der Waals surface area contributed by atoms with Gasteiger partial charge in [0.2, 0.25) is 0 Å². The lowest BCUT2D eigenvalue weighted by Gasteiger charge is -1.97. The number of carboxylic acids is 1. The van der Waals surface area contributed by atoms with Crippen LogP contribution in [0.25, 0.3) is 0 Å². The quantitative estimate of drug-likeness (QED) is 0.620. The van der Waals surface area contributed by atoms with Crippen molar-refractivity contribution in [3.05, 3.63) is 28.8 Å². The highest BCUT2D eigenvalue weighted by atomic mass is 35.5. The first-order chi connectivity index (χ1) is 6.52. The van der Waals surface area contributed by atoms with Crippen molar-refractivity contribution < 1.29 is 24.9 Å². The number of halogens is 1. The Kier molecular flexibility index (Phi) is 5.09. The summed E-state index contributed by atoms with van der Waals surface area (Å²) in [5.41, 5.74) is -0.144. The Morgan fingerprint density at radius 2 is 1.93 bits per heavy atom. The Bertz CT molecular complexity index is 337. The summed E-state index contributed by atoms with van der Waals surface area (Å²) in [6, 6.07) is 3.84. The molecule has 0 aliphatic carbocycles.